The zero-order chi connectivity index (χ0) is 16.8. The van der Waals surface area contributed by atoms with Crippen molar-refractivity contribution in [3.63, 3.8) is 0 Å². The van der Waals surface area contributed by atoms with Crippen molar-refractivity contribution in [1.82, 2.24) is 4.98 Å². The standard InChI is InChI=1S/C18H14BrN3O2/c19-9-4-5-13-10(6-9)12(8-22-13)16-11(7-20)18(21)24-15-3-1-2-14(23)17(15)16/h4-6,8,16,22H,1-3,21H2/t16-/m0/s1. The predicted octanol–water partition coefficient (Wildman–Crippen LogP) is 3.75. The van der Waals surface area contributed by atoms with Gasteiger partial charge in [0.05, 0.1) is 5.92 Å². The number of aromatic nitrogens is 1. The molecule has 0 bridgehead atoms. The molecule has 3 N–H and O–H groups in total. The molecule has 1 aliphatic carbocycles. The summed E-state index contributed by atoms with van der Waals surface area (Å²) in [6.07, 6.45) is 3.75. The number of benzene rings is 1. The molecule has 4 rings (SSSR count). The number of carbonyl (C=O) groups excluding carboxylic acids is 1. The third-order valence-corrected chi connectivity index (χ3v) is 5.08. The Morgan fingerprint density at radius 1 is 1.38 bits per heavy atom. The van der Waals surface area contributed by atoms with Crippen molar-refractivity contribution in [3.8, 4) is 6.07 Å². The minimum atomic E-state index is -0.477. The quantitative estimate of drug-likeness (QED) is 0.784. The van der Waals surface area contributed by atoms with Gasteiger partial charge in [-0.25, -0.2) is 0 Å². The summed E-state index contributed by atoms with van der Waals surface area (Å²) in [6.45, 7) is 0. The van der Waals surface area contributed by atoms with Crippen LogP contribution in [0.5, 0.6) is 0 Å². The molecule has 0 radical (unpaired) electrons. The second-order valence-corrected chi connectivity index (χ2v) is 6.89. The maximum absolute atomic E-state index is 12.6. The van der Waals surface area contributed by atoms with Crippen molar-refractivity contribution in [2.24, 2.45) is 5.73 Å². The van der Waals surface area contributed by atoms with E-state index in [4.69, 9.17) is 10.5 Å². The number of hydrogen-bond donors (Lipinski definition) is 2. The number of nitrogens with two attached hydrogens (primary N) is 1. The van der Waals surface area contributed by atoms with Gasteiger partial charge >= 0.3 is 0 Å². The first kappa shape index (κ1) is 15.0. The van der Waals surface area contributed by atoms with E-state index in [0.717, 1.165) is 27.4 Å². The van der Waals surface area contributed by atoms with Gasteiger partial charge in [-0.15, -0.1) is 0 Å². The largest absolute Gasteiger partial charge is 0.444 e. The summed E-state index contributed by atoms with van der Waals surface area (Å²) in [6, 6.07) is 8.02. The van der Waals surface area contributed by atoms with Gasteiger partial charge in [0.1, 0.15) is 17.4 Å². The second-order valence-electron chi connectivity index (χ2n) is 5.97. The molecule has 0 amide bonds. The number of ether oxygens (including phenoxy) is 1. The van der Waals surface area contributed by atoms with Crippen LogP contribution >= 0.6 is 15.9 Å². The molecule has 1 atom stereocenters. The Balaban J connectivity index is 1.99. The molecular formula is C18H14BrN3O2. The van der Waals surface area contributed by atoms with Crippen molar-refractivity contribution in [1.29, 1.82) is 5.26 Å². The minimum absolute atomic E-state index is 0.0332. The van der Waals surface area contributed by atoms with Crippen molar-refractivity contribution < 1.29 is 9.53 Å². The fraction of sp³-hybridized carbons (Fsp3) is 0.222. The van der Waals surface area contributed by atoms with Gasteiger partial charge in [-0.1, -0.05) is 15.9 Å². The zero-order valence-corrected chi connectivity index (χ0v) is 14.3. The minimum Gasteiger partial charge on any atom is -0.444 e. The molecule has 0 fully saturated rings. The van der Waals surface area contributed by atoms with Gasteiger partial charge < -0.3 is 15.5 Å². The SMILES string of the molecule is N#CC1=C(N)OC2=C(C(=O)CCC2)[C@@H]1c1c[nH]c2ccc(Br)cc12. The summed E-state index contributed by atoms with van der Waals surface area (Å²) in [5.74, 6) is 0.262. The Hall–Kier alpha value is -2.52. The lowest BCUT2D eigenvalue weighted by Crippen LogP contribution is -2.27. The molecule has 24 heavy (non-hydrogen) atoms. The summed E-state index contributed by atoms with van der Waals surface area (Å²) in [5, 5.41) is 10.6. The second kappa shape index (κ2) is 5.53. The fourth-order valence-electron chi connectivity index (χ4n) is 3.52. The van der Waals surface area contributed by atoms with Crippen LogP contribution in [0.2, 0.25) is 0 Å². The number of nitrogens with one attached hydrogen (secondary N) is 1. The number of rotatable bonds is 1. The first-order chi connectivity index (χ1) is 11.6. The molecule has 5 nitrogen and oxygen atoms in total. The van der Waals surface area contributed by atoms with Crippen LogP contribution in [0.15, 0.2) is 51.7 Å². The molecule has 2 aromatic rings. The third-order valence-electron chi connectivity index (χ3n) is 4.59. The lowest BCUT2D eigenvalue weighted by atomic mass is 9.77. The molecule has 0 saturated heterocycles. The Labute approximate surface area is 146 Å². The van der Waals surface area contributed by atoms with Crippen LogP contribution < -0.4 is 5.73 Å². The topological polar surface area (TPSA) is 91.9 Å². The van der Waals surface area contributed by atoms with Crippen LogP contribution in [0.3, 0.4) is 0 Å². The molecule has 6 heteroatoms. The highest BCUT2D eigenvalue weighted by molar-refractivity contribution is 9.10. The first-order valence-electron chi connectivity index (χ1n) is 7.70. The molecule has 0 saturated carbocycles. The van der Waals surface area contributed by atoms with E-state index in [2.05, 4.69) is 27.0 Å². The van der Waals surface area contributed by atoms with E-state index in [0.29, 0.717) is 29.7 Å². The van der Waals surface area contributed by atoms with E-state index in [-0.39, 0.29) is 11.7 Å². The molecular weight excluding hydrogens is 370 g/mol. The van der Waals surface area contributed by atoms with Crippen LogP contribution in [0.1, 0.15) is 30.7 Å². The van der Waals surface area contributed by atoms with Crippen molar-refractivity contribution in [2.75, 3.05) is 0 Å². The first-order valence-corrected chi connectivity index (χ1v) is 8.50. The van der Waals surface area contributed by atoms with Crippen molar-refractivity contribution in [2.45, 2.75) is 25.2 Å². The van der Waals surface area contributed by atoms with Crippen LogP contribution in [-0.2, 0) is 9.53 Å². The number of H-pyrrole nitrogens is 1. The average Bonchev–Trinajstić information content (AvgIpc) is 2.96. The highest BCUT2D eigenvalue weighted by Gasteiger charge is 2.38. The number of nitrogens with zero attached hydrogens (tertiary/aromatic N) is 1. The summed E-state index contributed by atoms with van der Waals surface area (Å²) >= 11 is 3.48. The van der Waals surface area contributed by atoms with Crippen LogP contribution in [0.4, 0.5) is 0 Å². The molecule has 1 aromatic heterocycles. The van der Waals surface area contributed by atoms with Gasteiger partial charge in [0.15, 0.2) is 5.78 Å². The molecule has 0 unspecified atom stereocenters. The number of aromatic amines is 1. The fourth-order valence-corrected chi connectivity index (χ4v) is 3.88. The molecule has 1 aliphatic heterocycles. The maximum atomic E-state index is 12.6. The monoisotopic (exact) mass is 383 g/mol. The van der Waals surface area contributed by atoms with Gasteiger partial charge in [-0.2, -0.15) is 5.26 Å². The Kier molecular flexibility index (Phi) is 3.47. The Morgan fingerprint density at radius 2 is 2.21 bits per heavy atom. The normalized spacial score (nSPS) is 20.8. The van der Waals surface area contributed by atoms with E-state index >= 15 is 0 Å². The summed E-state index contributed by atoms with van der Waals surface area (Å²) in [5.41, 5.74) is 8.67. The summed E-state index contributed by atoms with van der Waals surface area (Å²) in [4.78, 5) is 15.8. The Morgan fingerprint density at radius 3 is 3.00 bits per heavy atom. The lowest BCUT2D eigenvalue weighted by molar-refractivity contribution is -0.116. The van der Waals surface area contributed by atoms with Crippen LogP contribution in [0, 0.1) is 11.3 Å². The lowest BCUT2D eigenvalue weighted by Gasteiger charge is -2.30. The third kappa shape index (κ3) is 2.16. The van der Waals surface area contributed by atoms with Gasteiger partial charge in [-0.3, -0.25) is 4.79 Å². The van der Waals surface area contributed by atoms with Crippen molar-refractivity contribution >= 4 is 32.6 Å². The van der Waals surface area contributed by atoms with E-state index in [1.807, 2.05) is 24.4 Å². The number of hydrogen-bond acceptors (Lipinski definition) is 4. The highest BCUT2D eigenvalue weighted by atomic mass is 79.9. The van der Waals surface area contributed by atoms with E-state index in [1.165, 1.54) is 0 Å². The number of fused-ring (bicyclic) bond motifs is 1. The average molecular weight is 384 g/mol. The van der Waals surface area contributed by atoms with Gasteiger partial charge in [0, 0.05) is 40.0 Å². The number of allylic oxidation sites excluding steroid dienone is 3. The number of nitriles is 1. The van der Waals surface area contributed by atoms with Gasteiger partial charge in [0.25, 0.3) is 0 Å². The van der Waals surface area contributed by atoms with E-state index in [1.54, 1.807) is 0 Å². The molecule has 2 heterocycles. The molecule has 1 aromatic carbocycles. The number of ketones is 1. The summed E-state index contributed by atoms with van der Waals surface area (Å²) in [7, 11) is 0. The van der Waals surface area contributed by atoms with Gasteiger partial charge in [-0.05, 0) is 30.2 Å². The van der Waals surface area contributed by atoms with Crippen LogP contribution in [-0.4, -0.2) is 10.8 Å². The Bertz CT molecular complexity index is 978. The molecule has 0 spiro atoms. The van der Waals surface area contributed by atoms with Crippen LogP contribution in [0.25, 0.3) is 10.9 Å². The maximum Gasteiger partial charge on any atom is 0.205 e. The van der Waals surface area contributed by atoms with E-state index in [9.17, 15) is 10.1 Å². The molecule has 120 valence electrons. The smallest absolute Gasteiger partial charge is 0.205 e. The highest BCUT2D eigenvalue weighted by Crippen LogP contribution is 2.45. The number of Topliss-reactive ketones (excluding diaryl/α,β-unsaturated/α-hetero) is 1. The predicted molar refractivity (Wildman–Crippen MR) is 92.5 cm³/mol. The van der Waals surface area contributed by atoms with Crippen molar-refractivity contribution in [3.05, 3.63) is 57.2 Å². The number of halogens is 1. The zero-order valence-electron chi connectivity index (χ0n) is 12.7. The summed E-state index contributed by atoms with van der Waals surface area (Å²) < 4.78 is 6.54. The molecule has 2 aliphatic rings. The van der Waals surface area contributed by atoms with Gasteiger partial charge in [0.2, 0.25) is 5.88 Å². The number of carbonyl (C=O) groups is 1. The van der Waals surface area contributed by atoms with E-state index < -0.39 is 5.92 Å².